The van der Waals surface area contributed by atoms with Crippen molar-refractivity contribution in [3.8, 4) is 5.75 Å². The molecule has 0 radical (unpaired) electrons. The van der Waals surface area contributed by atoms with Crippen molar-refractivity contribution in [1.29, 1.82) is 0 Å². The predicted molar refractivity (Wildman–Crippen MR) is 71.5 cm³/mol. The molecular weight excluding hydrogens is 248 g/mol. The van der Waals surface area contributed by atoms with E-state index in [-0.39, 0.29) is 23.5 Å². The fourth-order valence-corrected chi connectivity index (χ4v) is 1.98. The number of nitro groups is 1. The average Bonchev–Trinajstić information content (AvgIpc) is 3.17. The molecule has 19 heavy (non-hydrogen) atoms. The fourth-order valence-electron chi connectivity index (χ4n) is 1.98. The molecule has 1 saturated carbocycles. The molecule has 0 bridgehead atoms. The molecule has 1 aromatic carbocycles. The molecule has 1 aromatic rings. The second-order valence-corrected chi connectivity index (χ2v) is 4.85. The van der Waals surface area contributed by atoms with E-state index in [1.54, 1.807) is 25.1 Å². The number of ether oxygens (including phenoxy) is 1. The van der Waals surface area contributed by atoms with Crippen LogP contribution in [0.4, 0.5) is 11.4 Å². The molecule has 6 heteroatoms. The first-order valence-electron chi connectivity index (χ1n) is 6.37. The first kappa shape index (κ1) is 13.6. The molecular formula is C13H18N2O4. The number of nitrogens with zero attached hydrogens (tertiary/aromatic N) is 1. The maximum atomic E-state index is 11.2. The van der Waals surface area contributed by atoms with Gasteiger partial charge in [-0.2, -0.15) is 0 Å². The molecule has 0 unspecified atom stereocenters. The number of nitrogens with one attached hydrogen (secondary N) is 1. The Morgan fingerprint density at radius 1 is 1.53 bits per heavy atom. The minimum absolute atomic E-state index is 0.0434. The van der Waals surface area contributed by atoms with Crippen LogP contribution < -0.4 is 10.1 Å². The summed E-state index contributed by atoms with van der Waals surface area (Å²) in [6.45, 7) is 2.82. The monoisotopic (exact) mass is 266 g/mol. The van der Waals surface area contributed by atoms with Crippen LogP contribution in [0.5, 0.6) is 5.75 Å². The summed E-state index contributed by atoms with van der Waals surface area (Å²) in [4.78, 5) is 10.7. The molecule has 0 amide bonds. The van der Waals surface area contributed by atoms with Crippen LogP contribution in [0, 0.1) is 15.5 Å². The minimum atomic E-state index is -0.439. The molecule has 6 nitrogen and oxygen atoms in total. The van der Waals surface area contributed by atoms with Crippen molar-refractivity contribution in [1.82, 2.24) is 0 Å². The van der Waals surface area contributed by atoms with Gasteiger partial charge in [0.05, 0.1) is 18.1 Å². The van der Waals surface area contributed by atoms with E-state index in [2.05, 4.69) is 5.32 Å². The summed E-state index contributed by atoms with van der Waals surface area (Å²) >= 11 is 0. The van der Waals surface area contributed by atoms with Crippen LogP contribution >= 0.6 is 0 Å². The zero-order valence-electron chi connectivity index (χ0n) is 10.9. The van der Waals surface area contributed by atoms with E-state index < -0.39 is 4.92 Å². The standard InChI is InChI=1S/C13H18N2O4/c1-2-19-11-5-3-4-10(12(11)15(17)18)14-8-13(9-16)6-7-13/h3-5,14,16H,2,6-9H2,1H3. The van der Waals surface area contributed by atoms with Crippen molar-refractivity contribution in [3.63, 3.8) is 0 Å². The Kier molecular flexibility index (Phi) is 3.90. The maximum Gasteiger partial charge on any atom is 0.333 e. The normalized spacial score (nSPS) is 15.9. The molecule has 1 fully saturated rings. The van der Waals surface area contributed by atoms with Crippen molar-refractivity contribution in [2.75, 3.05) is 25.1 Å². The van der Waals surface area contributed by atoms with Crippen LogP contribution in [0.2, 0.25) is 0 Å². The van der Waals surface area contributed by atoms with E-state index in [9.17, 15) is 15.2 Å². The van der Waals surface area contributed by atoms with Crippen LogP contribution in [-0.4, -0.2) is 29.8 Å². The molecule has 0 aliphatic heterocycles. The van der Waals surface area contributed by atoms with Gasteiger partial charge in [-0.1, -0.05) is 6.07 Å². The number of rotatable bonds is 7. The van der Waals surface area contributed by atoms with Gasteiger partial charge >= 0.3 is 5.69 Å². The molecule has 0 atom stereocenters. The zero-order valence-corrected chi connectivity index (χ0v) is 10.9. The molecule has 0 heterocycles. The summed E-state index contributed by atoms with van der Waals surface area (Å²) in [7, 11) is 0. The molecule has 104 valence electrons. The van der Waals surface area contributed by atoms with Gasteiger partial charge in [0.25, 0.3) is 0 Å². The third-order valence-electron chi connectivity index (χ3n) is 3.43. The van der Waals surface area contributed by atoms with Gasteiger partial charge in [-0.05, 0) is 31.9 Å². The van der Waals surface area contributed by atoms with Crippen LogP contribution in [0.1, 0.15) is 19.8 Å². The van der Waals surface area contributed by atoms with E-state index in [4.69, 9.17) is 4.74 Å². The largest absolute Gasteiger partial charge is 0.487 e. The summed E-state index contributed by atoms with van der Waals surface area (Å²) < 4.78 is 5.28. The average molecular weight is 266 g/mol. The van der Waals surface area contributed by atoms with Crippen LogP contribution in [0.15, 0.2) is 18.2 Å². The van der Waals surface area contributed by atoms with Gasteiger partial charge in [0.1, 0.15) is 5.69 Å². The summed E-state index contributed by atoms with van der Waals surface area (Å²) in [6, 6.07) is 4.97. The number of para-hydroxylation sites is 1. The van der Waals surface area contributed by atoms with Gasteiger partial charge in [0.2, 0.25) is 0 Å². The third-order valence-corrected chi connectivity index (χ3v) is 3.43. The third kappa shape index (κ3) is 2.96. The van der Waals surface area contributed by atoms with Gasteiger partial charge in [-0.15, -0.1) is 0 Å². The van der Waals surface area contributed by atoms with Crippen molar-refractivity contribution in [2.24, 2.45) is 5.41 Å². The molecule has 0 saturated heterocycles. The molecule has 1 aliphatic rings. The summed E-state index contributed by atoms with van der Waals surface area (Å²) in [5.41, 5.74) is 0.295. The minimum Gasteiger partial charge on any atom is -0.487 e. The zero-order chi connectivity index (χ0) is 13.9. The first-order chi connectivity index (χ1) is 9.12. The number of hydrogen-bond donors (Lipinski definition) is 2. The van der Waals surface area contributed by atoms with E-state index >= 15 is 0 Å². The second kappa shape index (κ2) is 5.44. The lowest BCUT2D eigenvalue weighted by Gasteiger charge is -2.15. The smallest absolute Gasteiger partial charge is 0.333 e. The van der Waals surface area contributed by atoms with E-state index in [0.717, 1.165) is 12.8 Å². The maximum absolute atomic E-state index is 11.2. The second-order valence-electron chi connectivity index (χ2n) is 4.85. The number of aliphatic hydroxyl groups excluding tert-OH is 1. The number of aliphatic hydroxyl groups is 1. The molecule has 2 rings (SSSR count). The molecule has 2 N–H and O–H groups in total. The summed E-state index contributed by atoms with van der Waals surface area (Å²) in [5.74, 6) is 0.270. The first-order valence-corrected chi connectivity index (χ1v) is 6.37. The highest BCUT2D eigenvalue weighted by molar-refractivity contribution is 5.68. The molecule has 0 spiro atoms. The predicted octanol–water partition coefficient (Wildman–Crippen LogP) is 2.18. The van der Waals surface area contributed by atoms with Crippen molar-refractivity contribution >= 4 is 11.4 Å². The van der Waals surface area contributed by atoms with Gasteiger partial charge in [-0.25, -0.2) is 0 Å². The summed E-state index contributed by atoms with van der Waals surface area (Å²) in [5, 5.41) is 23.5. The van der Waals surface area contributed by atoms with E-state index in [0.29, 0.717) is 18.8 Å². The van der Waals surface area contributed by atoms with Gasteiger partial charge < -0.3 is 15.2 Å². The molecule has 0 aromatic heterocycles. The Labute approximate surface area is 111 Å². The summed E-state index contributed by atoms with van der Waals surface area (Å²) in [6.07, 6.45) is 1.91. The number of benzene rings is 1. The Hall–Kier alpha value is -1.82. The van der Waals surface area contributed by atoms with Crippen LogP contribution in [0.3, 0.4) is 0 Å². The fraction of sp³-hybridized carbons (Fsp3) is 0.538. The highest BCUT2D eigenvalue weighted by Crippen LogP contribution is 2.45. The SMILES string of the molecule is CCOc1cccc(NCC2(CO)CC2)c1[N+](=O)[O-]. The van der Waals surface area contributed by atoms with Crippen molar-refractivity contribution < 1.29 is 14.8 Å². The van der Waals surface area contributed by atoms with Gasteiger partial charge in [0.15, 0.2) is 5.75 Å². The molecule has 1 aliphatic carbocycles. The van der Waals surface area contributed by atoms with Crippen LogP contribution in [0.25, 0.3) is 0 Å². The Balaban J connectivity index is 2.19. The highest BCUT2D eigenvalue weighted by atomic mass is 16.6. The highest BCUT2D eigenvalue weighted by Gasteiger charge is 2.42. The van der Waals surface area contributed by atoms with Crippen molar-refractivity contribution in [2.45, 2.75) is 19.8 Å². The number of nitro benzene ring substituents is 1. The Morgan fingerprint density at radius 3 is 2.79 bits per heavy atom. The van der Waals surface area contributed by atoms with E-state index in [1.165, 1.54) is 0 Å². The van der Waals surface area contributed by atoms with E-state index in [1.807, 2.05) is 0 Å². The van der Waals surface area contributed by atoms with Crippen LogP contribution in [-0.2, 0) is 0 Å². The lowest BCUT2D eigenvalue weighted by atomic mass is 10.1. The number of hydrogen-bond acceptors (Lipinski definition) is 5. The van der Waals surface area contributed by atoms with Gasteiger partial charge in [0, 0.05) is 12.0 Å². The Bertz CT molecular complexity index is 472. The number of anilines is 1. The topological polar surface area (TPSA) is 84.6 Å². The quantitative estimate of drug-likeness (QED) is 0.583. The lowest BCUT2D eigenvalue weighted by Crippen LogP contribution is -2.19. The van der Waals surface area contributed by atoms with Gasteiger partial charge in [-0.3, -0.25) is 10.1 Å². The Morgan fingerprint density at radius 2 is 2.26 bits per heavy atom. The van der Waals surface area contributed by atoms with Crippen molar-refractivity contribution in [3.05, 3.63) is 28.3 Å². The lowest BCUT2D eigenvalue weighted by molar-refractivity contribution is -0.384.